The average molecular weight is 430 g/mol. The fourth-order valence-electron chi connectivity index (χ4n) is 4.20. The van der Waals surface area contributed by atoms with E-state index in [0.29, 0.717) is 40.2 Å². The van der Waals surface area contributed by atoms with Gasteiger partial charge in [0.1, 0.15) is 5.56 Å². The van der Waals surface area contributed by atoms with Crippen LogP contribution in [0.5, 0.6) is 11.6 Å². The van der Waals surface area contributed by atoms with Crippen molar-refractivity contribution in [2.45, 2.75) is 65.1 Å². The summed E-state index contributed by atoms with van der Waals surface area (Å²) in [5, 5.41) is 1.49. The number of hydrogen-bond donors (Lipinski definition) is 1. The van der Waals surface area contributed by atoms with E-state index in [0.717, 1.165) is 0 Å². The van der Waals surface area contributed by atoms with Crippen LogP contribution in [-0.4, -0.2) is 30.8 Å². The van der Waals surface area contributed by atoms with E-state index in [1.54, 1.807) is 30.5 Å². The maximum atomic E-state index is 13.5. The predicted molar refractivity (Wildman–Crippen MR) is 124 cm³/mol. The van der Waals surface area contributed by atoms with E-state index < -0.39 is 8.32 Å². The van der Waals surface area contributed by atoms with Gasteiger partial charge in [0.25, 0.3) is 5.91 Å². The molecule has 0 fully saturated rings. The molecule has 0 saturated heterocycles. The molecule has 0 saturated carbocycles. The number of amides is 1. The van der Waals surface area contributed by atoms with Gasteiger partial charge < -0.3 is 15.0 Å². The van der Waals surface area contributed by atoms with Crippen molar-refractivity contribution in [3.05, 3.63) is 48.2 Å². The third-order valence-corrected chi connectivity index (χ3v) is 11.6. The largest absolute Gasteiger partial charge is 0.436 e. The highest BCUT2D eigenvalue weighted by molar-refractivity contribution is 6.77. The van der Waals surface area contributed by atoms with E-state index in [4.69, 9.17) is 15.0 Å². The minimum absolute atomic E-state index is 0.216. The number of nitrogens with zero attached hydrogens (tertiary/aromatic N) is 2. The number of aromatic nitrogens is 1. The molecule has 0 atom stereocenters. The number of hydrogen-bond acceptors (Lipinski definition) is 5. The first-order chi connectivity index (χ1) is 14.1. The monoisotopic (exact) mass is 429 g/mol. The Morgan fingerprint density at radius 3 is 2.17 bits per heavy atom. The molecular weight excluding hydrogens is 394 g/mol. The Balaban J connectivity index is 2.40. The van der Waals surface area contributed by atoms with Gasteiger partial charge in [0.15, 0.2) is 5.75 Å². The van der Waals surface area contributed by atoms with Gasteiger partial charge >= 0.3 is 0 Å². The molecule has 1 aromatic carbocycles. The van der Waals surface area contributed by atoms with Crippen LogP contribution < -0.4 is 10.5 Å². The summed E-state index contributed by atoms with van der Waals surface area (Å²) < 4.78 is 12.5. The van der Waals surface area contributed by atoms with Crippen LogP contribution >= 0.6 is 0 Å². The summed E-state index contributed by atoms with van der Waals surface area (Å²) in [6, 6.07) is 10.6. The maximum absolute atomic E-state index is 13.5. The standard InChI is InChI=1S/C23H35N3O3Si/c1-8-26(29-30(16(2)3,17(4)5)18(6)7)23(27)19-12-11-15-25-22(19)28-21-14-10-9-13-20(21)24/h9-18H,8,24H2,1-7H3. The molecule has 0 bridgehead atoms. The van der Waals surface area contributed by atoms with Crippen LogP contribution in [0.3, 0.4) is 0 Å². The van der Waals surface area contributed by atoms with Crippen LogP contribution in [0, 0.1) is 0 Å². The quantitative estimate of drug-likeness (QED) is 0.299. The lowest BCUT2D eigenvalue weighted by Gasteiger charge is -2.44. The van der Waals surface area contributed by atoms with Gasteiger partial charge in [-0.15, -0.1) is 0 Å². The van der Waals surface area contributed by atoms with Gasteiger partial charge in [-0.05, 0) is 47.8 Å². The molecule has 0 spiro atoms. The topological polar surface area (TPSA) is 77.7 Å². The van der Waals surface area contributed by atoms with E-state index in [1.807, 2.05) is 19.1 Å². The molecule has 1 heterocycles. The van der Waals surface area contributed by atoms with Crippen molar-refractivity contribution in [1.29, 1.82) is 0 Å². The SMILES string of the molecule is CCN(O[Si](C(C)C)(C(C)C)C(C)C)C(=O)c1cccnc1Oc1ccccc1N. The van der Waals surface area contributed by atoms with Crippen molar-refractivity contribution >= 4 is 19.9 Å². The number of nitrogens with two attached hydrogens (primary N) is 1. The first-order valence-corrected chi connectivity index (χ1v) is 12.8. The van der Waals surface area contributed by atoms with E-state index in [1.165, 1.54) is 5.06 Å². The normalized spacial score (nSPS) is 11.9. The number of rotatable bonds is 9. The number of anilines is 1. The van der Waals surface area contributed by atoms with Gasteiger partial charge in [0, 0.05) is 12.7 Å². The minimum atomic E-state index is -2.28. The van der Waals surface area contributed by atoms with Crippen molar-refractivity contribution in [3.63, 3.8) is 0 Å². The molecule has 0 radical (unpaired) electrons. The molecule has 6 nitrogen and oxygen atoms in total. The molecule has 0 aliphatic rings. The van der Waals surface area contributed by atoms with Crippen LogP contribution in [-0.2, 0) is 4.53 Å². The highest BCUT2D eigenvalue weighted by Gasteiger charge is 2.48. The number of carbonyl (C=O) groups excluding carboxylic acids is 1. The van der Waals surface area contributed by atoms with Crippen LogP contribution in [0.25, 0.3) is 0 Å². The van der Waals surface area contributed by atoms with E-state index in [2.05, 4.69) is 46.5 Å². The van der Waals surface area contributed by atoms with E-state index in [-0.39, 0.29) is 11.8 Å². The molecule has 164 valence electrons. The number of ether oxygens (including phenoxy) is 1. The zero-order valence-electron chi connectivity index (χ0n) is 19.2. The fraction of sp³-hybridized carbons (Fsp3) is 0.478. The second-order valence-corrected chi connectivity index (χ2v) is 13.8. The highest BCUT2D eigenvalue weighted by atomic mass is 28.4. The molecular formula is C23H35N3O3Si. The number of benzene rings is 1. The van der Waals surface area contributed by atoms with Gasteiger partial charge in [-0.25, -0.2) is 10.0 Å². The zero-order valence-corrected chi connectivity index (χ0v) is 20.2. The van der Waals surface area contributed by atoms with Crippen molar-refractivity contribution in [2.24, 2.45) is 0 Å². The molecule has 0 unspecified atom stereocenters. The van der Waals surface area contributed by atoms with Crippen LogP contribution in [0.2, 0.25) is 16.6 Å². The van der Waals surface area contributed by atoms with Gasteiger partial charge in [0.05, 0.1) is 5.69 Å². The number of para-hydroxylation sites is 2. The Kier molecular flexibility index (Phi) is 8.03. The molecule has 0 aliphatic heterocycles. The zero-order chi connectivity index (χ0) is 22.5. The number of hydroxylamine groups is 2. The first-order valence-electron chi connectivity index (χ1n) is 10.6. The summed E-state index contributed by atoms with van der Waals surface area (Å²) in [5.74, 6) is 0.423. The smallest absolute Gasteiger partial charge is 0.281 e. The average Bonchev–Trinajstić information content (AvgIpc) is 2.70. The van der Waals surface area contributed by atoms with Crippen molar-refractivity contribution < 1.29 is 14.1 Å². The molecule has 30 heavy (non-hydrogen) atoms. The van der Waals surface area contributed by atoms with Crippen molar-refractivity contribution in [3.8, 4) is 11.6 Å². The third kappa shape index (κ3) is 4.84. The summed E-state index contributed by atoms with van der Waals surface area (Å²) in [6.45, 7) is 15.5. The second kappa shape index (κ2) is 10.1. The molecule has 1 amide bonds. The fourth-order valence-corrected chi connectivity index (χ4v) is 9.43. The number of nitrogen functional groups attached to an aromatic ring is 1. The van der Waals surface area contributed by atoms with Gasteiger partial charge in [0.2, 0.25) is 14.2 Å². The minimum Gasteiger partial charge on any atom is -0.436 e. The Morgan fingerprint density at radius 2 is 1.63 bits per heavy atom. The Bertz CT molecular complexity index is 833. The van der Waals surface area contributed by atoms with Crippen molar-refractivity contribution in [2.75, 3.05) is 12.3 Å². The lowest BCUT2D eigenvalue weighted by Crippen LogP contribution is -2.53. The first kappa shape index (κ1) is 23.9. The van der Waals surface area contributed by atoms with E-state index in [9.17, 15) is 4.79 Å². The lowest BCUT2D eigenvalue weighted by molar-refractivity contribution is -0.0442. The lowest BCUT2D eigenvalue weighted by atomic mass is 10.2. The van der Waals surface area contributed by atoms with Crippen LogP contribution in [0.1, 0.15) is 58.8 Å². The highest BCUT2D eigenvalue weighted by Crippen LogP contribution is 2.43. The maximum Gasteiger partial charge on any atom is 0.281 e. The third-order valence-electron chi connectivity index (χ3n) is 5.62. The molecule has 2 rings (SSSR count). The van der Waals surface area contributed by atoms with Crippen molar-refractivity contribution in [1.82, 2.24) is 10.0 Å². The van der Waals surface area contributed by atoms with Gasteiger partial charge in [-0.1, -0.05) is 53.7 Å². The summed E-state index contributed by atoms with van der Waals surface area (Å²) >= 11 is 0. The Labute approximate surface area is 181 Å². The Morgan fingerprint density at radius 1 is 1.03 bits per heavy atom. The number of carbonyl (C=O) groups is 1. The number of pyridine rings is 1. The molecule has 1 aromatic heterocycles. The van der Waals surface area contributed by atoms with Crippen LogP contribution in [0.15, 0.2) is 42.6 Å². The summed E-state index contributed by atoms with van der Waals surface area (Å²) in [6.07, 6.45) is 1.60. The van der Waals surface area contributed by atoms with Gasteiger partial charge in [-0.3, -0.25) is 4.79 Å². The molecule has 0 aliphatic carbocycles. The predicted octanol–water partition coefficient (Wildman–Crippen LogP) is 6.03. The Hall–Kier alpha value is -2.38. The summed E-state index contributed by atoms with van der Waals surface area (Å²) in [5.41, 5.74) is 7.89. The second-order valence-electron chi connectivity index (χ2n) is 8.40. The molecule has 2 aromatic rings. The summed E-state index contributed by atoms with van der Waals surface area (Å²) in [7, 11) is -2.28. The molecule has 7 heteroatoms. The van der Waals surface area contributed by atoms with Crippen LogP contribution in [0.4, 0.5) is 5.69 Å². The summed E-state index contributed by atoms with van der Waals surface area (Å²) in [4.78, 5) is 17.8. The van der Waals surface area contributed by atoms with Gasteiger partial charge in [-0.2, -0.15) is 0 Å². The molecule has 2 N–H and O–H groups in total. The van der Waals surface area contributed by atoms with E-state index >= 15 is 0 Å².